The van der Waals surface area contributed by atoms with Crippen molar-refractivity contribution in [3.63, 3.8) is 0 Å². The summed E-state index contributed by atoms with van der Waals surface area (Å²) in [6.07, 6.45) is 2.01. The Balaban J connectivity index is 2.67. The summed E-state index contributed by atoms with van der Waals surface area (Å²) in [4.78, 5) is 0. The number of aliphatic hydroxyl groups excluding tert-OH is 2. The van der Waals surface area contributed by atoms with Gasteiger partial charge in [-0.25, -0.2) is 0 Å². The lowest BCUT2D eigenvalue weighted by molar-refractivity contribution is 0.120. The summed E-state index contributed by atoms with van der Waals surface area (Å²) in [7, 11) is 1.74. The number of aryl methyl sites for hydroxylation is 1. The average molecular weight is 186 g/mol. The quantitative estimate of drug-likeness (QED) is 0.507. The second kappa shape index (κ2) is 3.82. The topological polar surface area (TPSA) is 97.2 Å². The summed E-state index contributed by atoms with van der Waals surface area (Å²) in [5.74, 6) is 0. The monoisotopic (exact) mass is 186 g/mol. The number of hydrogen-bond acceptors (Lipinski definition) is 5. The highest BCUT2D eigenvalue weighted by molar-refractivity contribution is 5.01. The van der Waals surface area contributed by atoms with Crippen LogP contribution in [0.2, 0.25) is 0 Å². The van der Waals surface area contributed by atoms with Gasteiger partial charge in [-0.3, -0.25) is 4.68 Å². The van der Waals surface area contributed by atoms with Crippen molar-refractivity contribution in [2.75, 3.05) is 13.2 Å². The smallest absolute Gasteiger partial charge is 0.0847 e. The van der Waals surface area contributed by atoms with Gasteiger partial charge >= 0.3 is 0 Å². The summed E-state index contributed by atoms with van der Waals surface area (Å²) in [6.45, 7) is -0.555. The van der Waals surface area contributed by atoms with Crippen molar-refractivity contribution in [1.82, 2.24) is 15.0 Å². The Bertz CT molecular complexity index is 269. The van der Waals surface area contributed by atoms with Gasteiger partial charge in [-0.15, -0.1) is 5.10 Å². The van der Waals surface area contributed by atoms with E-state index in [1.54, 1.807) is 17.9 Å². The number of nitrogens with two attached hydrogens (primary N) is 1. The first-order chi connectivity index (χ1) is 6.09. The molecule has 0 fully saturated rings. The maximum atomic E-state index is 8.91. The van der Waals surface area contributed by atoms with Gasteiger partial charge in [-0.2, -0.15) is 0 Å². The second-order valence-corrected chi connectivity index (χ2v) is 3.24. The van der Waals surface area contributed by atoms with Crippen LogP contribution < -0.4 is 5.73 Å². The zero-order chi connectivity index (χ0) is 9.90. The Labute approximate surface area is 76.0 Å². The van der Waals surface area contributed by atoms with E-state index < -0.39 is 5.54 Å². The van der Waals surface area contributed by atoms with E-state index in [1.165, 1.54) is 0 Å². The van der Waals surface area contributed by atoms with Crippen molar-refractivity contribution in [2.24, 2.45) is 12.8 Å². The van der Waals surface area contributed by atoms with Crippen LogP contribution in [-0.2, 0) is 13.5 Å². The van der Waals surface area contributed by atoms with Crippen LogP contribution in [0.25, 0.3) is 0 Å². The maximum absolute atomic E-state index is 8.91. The molecule has 0 aliphatic carbocycles. The lowest BCUT2D eigenvalue weighted by atomic mass is 9.97. The molecule has 4 N–H and O–H groups in total. The standard InChI is InChI=1S/C7H14N4O2/c1-11-3-6(9-10-11)2-7(8,4-12)5-13/h3,12-13H,2,4-5,8H2,1H3. The molecule has 0 amide bonds. The van der Waals surface area contributed by atoms with Gasteiger partial charge in [0.1, 0.15) is 0 Å². The van der Waals surface area contributed by atoms with E-state index >= 15 is 0 Å². The number of hydrogen-bond donors (Lipinski definition) is 3. The van der Waals surface area contributed by atoms with Gasteiger partial charge in [-0.05, 0) is 0 Å². The van der Waals surface area contributed by atoms with E-state index in [1.807, 2.05) is 0 Å². The summed E-state index contributed by atoms with van der Waals surface area (Å²) < 4.78 is 1.55. The van der Waals surface area contributed by atoms with Gasteiger partial charge in [0.2, 0.25) is 0 Å². The molecule has 0 saturated carbocycles. The number of aromatic nitrogens is 3. The van der Waals surface area contributed by atoms with Crippen LogP contribution in [0.1, 0.15) is 5.69 Å². The zero-order valence-corrected chi connectivity index (χ0v) is 7.51. The summed E-state index contributed by atoms with van der Waals surface area (Å²) in [6, 6.07) is 0. The lowest BCUT2D eigenvalue weighted by Crippen LogP contribution is -2.49. The first kappa shape index (κ1) is 10.1. The fourth-order valence-corrected chi connectivity index (χ4v) is 0.999. The molecule has 0 aliphatic rings. The fraction of sp³-hybridized carbons (Fsp3) is 0.714. The molecule has 0 atom stereocenters. The Morgan fingerprint density at radius 3 is 2.54 bits per heavy atom. The van der Waals surface area contributed by atoms with E-state index in [2.05, 4.69) is 10.3 Å². The predicted octanol–water partition coefficient (Wildman–Crippen LogP) is -1.96. The maximum Gasteiger partial charge on any atom is 0.0847 e. The van der Waals surface area contributed by atoms with Crippen LogP contribution in [-0.4, -0.2) is 44.0 Å². The third kappa shape index (κ3) is 2.48. The lowest BCUT2D eigenvalue weighted by Gasteiger charge is -2.22. The molecular formula is C7H14N4O2. The van der Waals surface area contributed by atoms with Gasteiger partial charge in [0.15, 0.2) is 0 Å². The van der Waals surface area contributed by atoms with Crippen LogP contribution in [0, 0.1) is 0 Å². The van der Waals surface area contributed by atoms with Crippen LogP contribution >= 0.6 is 0 Å². The van der Waals surface area contributed by atoms with Gasteiger partial charge in [-0.1, -0.05) is 5.21 Å². The van der Waals surface area contributed by atoms with Crippen LogP contribution in [0.4, 0.5) is 0 Å². The van der Waals surface area contributed by atoms with E-state index in [0.29, 0.717) is 12.1 Å². The minimum absolute atomic E-state index is 0.278. The number of aliphatic hydroxyl groups is 2. The molecule has 1 aromatic rings. The highest BCUT2D eigenvalue weighted by Gasteiger charge is 2.24. The average Bonchev–Trinajstić information content (AvgIpc) is 2.51. The molecule has 0 spiro atoms. The minimum Gasteiger partial charge on any atom is -0.394 e. The fourth-order valence-electron chi connectivity index (χ4n) is 0.999. The second-order valence-electron chi connectivity index (χ2n) is 3.24. The van der Waals surface area contributed by atoms with Crippen molar-refractivity contribution in [1.29, 1.82) is 0 Å². The van der Waals surface area contributed by atoms with E-state index in [-0.39, 0.29) is 13.2 Å². The van der Waals surface area contributed by atoms with Crippen molar-refractivity contribution in [2.45, 2.75) is 12.0 Å². The van der Waals surface area contributed by atoms with Crippen LogP contribution in [0.5, 0.6) is 0 Å². The molecule has 0 unspecified atom stereocenters. The molecule has 13 heavy (non-hydrogen) atoms. The van der Waals surface area contributed by atoms with Gasteiger partial charge in [0.25, 0.3) is 0 Å². The minimum atomic E-state index is -1.00. The summed E-state index contributed by atoms with van der Waals surface area (Å²) in [5.41, 5.74) is 5.32. The Morgan fingerprint density at radius 1 is 1.54 bits per heavy atom. The van der Waals surface area contributed by atoms with Crippen molar-refractivity contribution in [3.8, 4) is 0 Å². The molecule has 6 heteroatoms. The van der Waals surface area contributed by atoms with E-state index in [4.69, 9.17) is 15.9 Å². The predicted molar refractivity (Wildman–Crippen MR) is 45.8 cm³/mol. The molecule has 0 bridgehead atoms. The van der Waals surface area contributed by atoms with Gasteiger partial charge in [0, 0.05) is 19.7 Å². The molecule has 1 aromatic heterocycles. The van der Waals surface area contributed by atoms with Crippen LogP contribution in [0.3, 0.4) is 0 Å². The molecule has 0 radical (unpaired) electrons. The molecule has 6 nitrogen and oxygen atoms in total. The third-order valence-corrected chi connectivity index (χ3v) is 1.81. The summed E-state index contributed by atoms with van der Waals surface area (Å²) in [5, 5.41) is 25.4. The van der Waals surface area contributed by atoms with E-state index in [0.717, 1.165) is 0 Å². The molecule has 1 rings (SSSR count). The first-order valence-electron chi connectivity index (χ1n) is 3.95. The molecular weight excluding hydrogens is 172 g/mol. The molecule has 74 valence electrons. The molecule has 0 saturated heterocycles. The first-order valence-corrected chi connectivity index (χ1v) is 3.95. The number of rotatable bonds is 4. The SMILES string of the molecule is Cn1cc(CC(N)(CO)CO)nn1. The normalized spacial score (nSPS) is 12.0. The Hall–Kier alpha value is -0.980. The number of nitrogens with zero attached hydrogens (tertiary/aromatic N) is 3. The Kier molecular flexibility index (Phi) is 2.97. The molecule has 0 aliphatic heterocycles. The molecule has 0 aromatic carbocycles. The van der Waals surface area contributed by atoms with Crippen molar-refractivity contribution < 1.29 is 10.2 Å². The van der Waals surface area contributed by atoms with Gasteiger partial charge < -0.3 is 15.9 Å². The highest BCUT2D eigenvalue weighted by atomic mass is 16.3. The largest absolute Gasteiger partial charge is 0.394 e. The summed E-state index contributed by atoms with van der Waals surface area (Å²) >= 11 is 0. The van der Waals surface area contributed by atoms with Crippen LogP contribution in [0.15, 0.2) is 6.20 Å². The van der Waals surface area contributed by atoms with Gasteiger partial charge in [0.05, 0.1) is 24.4 Å². The van der Waals surface area contributed by atoms with E-state index in [9.17, 15) is 0 Å². The van der Waals surface area contributed by atoms with Crippen molar-refractivity contribution in [3.05, 3.63) is 11.9 Å². The highest BCUT2D eigenvalue weighted by Crippen LogP contribution is 2.06. The van der Waals surface area contributed by atoms with Crippen molar-refractivity contribution >= 4 is 0 Å². The third-order valence-electron chi connectivity index (χ3n) is 1.81. The molecule has 1 heterocycles. The Morgan fingerprint density at radius 2 is 2.15 bits per heavy atom. The zero-order valence-electron chi connectivity index (χ0n) is 7.51.